The molecule has 156 valence electrons. The highest BCUT2D eigenvalue weighted by molar-refractivity contribution is 6.30. The Morgan fingerprint density at radius 2 is 1.45 bits per heavy atom. The van der Waals surface area contributed by atoms with Gasteiger partial charge < -0.3 is 5.32 Å². The lowest BCUT2D eigenvalue weighted by Crippen LogP contribution is -2.50. The van der Waals surface area contributed by atoms with Crippen molar-refractivity contribution in [2.45, 2.75) is 51.4 Å². The second-order valence-corrected chi connectivity index (χ2v) is 9.64. The fraction of sp³-hybridized carbons (Fsp3) is 0.591. The zero-order chi connectivity index (χ0) is 20.4. The maximum Gasteiger partial charge on any atom is 0.251 e. The van der Waals surface area contributed by atoms with Crippen molar-refractivity contribution in [2.75, 3.05) is 6.54 Å². The Balaban J connectivity index is 1.16. The molecule has 0 spiro atoms. The highest BCUT2D eigenvalue weighted by Gasteiger charge is 2.51. The summed E-state index contributed by atoms with van der Waals surface area (Å²) < 4.78 is 0. The van der Waals surface area contributed by atoms with Crippen LogP contribution in [0.2, 0.25) is 5.02 Å². The summed E-state index contributed by atoms with van der Waals surface area (Å²) >= 11 is 5.80. The molecule has 7 heteroatoms. The molecule has 4 saturated carbocycles. The van der Waals surface area contributed by atoms with Crippen LogP contribution in [-0.4, -0.2) is 24.3 Å². The highest BCUT2D eigenvalue weighted by Crippen LogP contribution is 2.61. The quantitative estimate of drug-likeness (QED) is 0.621. The lowest BCUT2D eigenvalue weighted by atomic mass is 9.49. The predicted molar refractivity (Wildman–Crippen MR) is 110 cm³/mol. The van der Waals surface area contributed by atoms with Crippen LogP contribution in [0, 0.1) is 23.2 Å². The first-order valence-corrected chi connectivity index (χ1v) is 10.9. The van der Waals surface area contributed by atoms with Gasteiger partial charge in [0.1, 0.15) is 0 Å². The molecule has 1 aromatic rings. The van der Waals surface area contributed by atoms with E-state index in [4.69, 9.17) is 11.6 Å². The van der Waals surface area contributed by atoms with Crippen LogP contribution in [0.3, 0.4) is 0 Å². The van der Waals surface area contributed by atoms with Gasteiger partial charge in [-0.3, -0.25) is 25.2 Å². The Hall–Kier alpha value is -2.08. The van der Waals surface area contributed by atoms with Crippen LogP contribution < -0.4 is 16.2 Å². The van der Waals surface area contributed by atoms with Crippen LogP contribution >= 0.6 is 11.6 Å². The third kappa shape index (κ3) is 4.92. The van der Waals surface area contributed by atoms with Gasteiger partial charge in [0.2, 0.25) is 11.8 Å². The lowest BCUT2D eigenvalue weighted by molar-refractivity contribution is -0.134. The Bertz CT molecular complexity index is 758. The minimum atomic E-state index is -0.319. The number of hydrazine groups is 1. The van der Waals surface area contributed by atoms with E-state index in [9.17, 15) is 14.4 Å². The maximum atomic E-state index is 12.4. The van der Waals surface area contributed by atoms with Crippen molar-refractivity contribution in [2.24, 2.45) is 23.2 Å². The van der Waals surface area contributed by atoms with Gasteiger partial charge in [-0.1, -0.05) is 11.6 Å². The molecular formula is C22H28ClN3O3. The molecule has 4 aliphatic carbocycles. The van der Waals surface area contributed by atoms with E-state index in [-0.39, 0.29) is 36.1 Å². The number of nitrogens with one attached hydrogen (secondary N) is 3. The molecule has 0 radical (unpaired) electrons. The summed E-state index contributed by atoms with van der Waals surface area (Å²) in [4.78, 5) is 36.4. The lowest BCUT2D eigenvalue weighted by Gasteiger charge is -2.56. The summed E-state index contributed by atoms with van der Waals surface area (Å²) in [5.41, 5.74) is 5.68. The molecule has 6 nitrogen and oxygen atoms in total. The third-order valence-corrected chi connectivity index (χ3v) is 7.04. The van der Waals surface area contributed by atoms with Crippen molar-refractivity contribution < 1.29 is 14.4 Å². The van der Waals surface area contributed by atoms with Gasteiger partial charge in [-0.05, 0) is 86.0 Å². The van der Waals surface area contributed by atoms with E-state index in [0.717, 1.165) is 37.0 Å². The van der Waals surface area contributed by atoms with Gasteiger partial charge in [0.25, 0.3) is 5.91 Å². The molecule has 0 aliphatic heterocycles. The maximum absolute atomic E-state index is 12.4. The molecule has 0 unspecified atom stereocenters. The van der Waals surface area contributed by atoms with Gasteiger partial charge in [0, 0.05) is 30.0 Å². The van der Waals surface area contributed by atoms with Gasteiger partial charge in [-0.25, -0.2) is 0 Å². The van der Waals surface area contributed by atoms with Crippen LogP contribution in [0.5, 0.6) is 0 Å². The molecule has 0 heterocycles. The average Bonchev–Trinajstić information content (AvgIpc) is 2.65. The molecule has 0 saturated heterocycles. The Morgan fingerprint density at radius 1 is 0.897 bits per heavy atom. The minimum Gasteiger partial charge on any atom is -0.352 e. The Labute approximate surface area is 176 Å². The summed E-state index contributed by atoms with van der Waals surface area (Å²) in [5, 5.41) is 3.24. The largest absolute Gasteiger partial charge is 0.352 e. The molecule has 4 aliphatic rings. The van der Waals surface area contributed by atoms with Crippen molar-refractivity contribution >= 4 is 29.3 Å². The first-order valence-electron chi connectivity index (χ1n) is 10.5. The summed E-state index contributed by atoms with van der Waals surface area (Å²) in [7, 11) is 0. The van der Waals surface area contributed by atoms with E-state index in [0.29, 0.717) is 17.0 Å². The second-order valence-electron chi connectivity index (χ2n) is 9.20. The van der Waals surface area contributed by atoms with Crippen molar-refractivity contribution in [1.29, 1.82) is 0 Å². The Morgan fingerprint density at radius 3 is 2.03 bits per heavy atom. The topological polar surface area (TPSA) is 87.3 Å². The molecule has 0 aromatic heterocycles. The molecule has 1 aromatic carbocycles. The van der Waals surface area contributed by atoms with Crippen LogP contribution in [0.1, 0.15) is 61.7 Å². The van der Waals surface area contributed by atoms with Gasteiger partial charge in [-0.15, -0.1) is 0 Å². The molecule has 4 fully saturated rings. The minimum absolute atomic E-state index is 0.0942. The first-order chi connectivity index (χ1) is 13.9. The fourth-order valence-electron chi connectivity index (χ4n) is 6.09. The van der Waals surface area contributed by atoms with Crippen molar-refractivity contribution in [3.05, 3.63) is 34.9 Å². The number of hydrogen-bond donors (Lipinski definition) is 3. The molecular weight excluding hydrogens is 390 g/mol. The van der Waals surface area contributed by atoms with E-state index in [1.54, 1.807) is 24.3 Å². The zero-order valence-electron chi connectivity index (χ0n) is 16.5. The van der Waals surface area contributed by atoms with E-state index in [1.807, 2.05) is 0 Å². The fourth-order valence-corrected chi connectivity index (χ4v) is 6.21. The van der Waals surface area contributed by atoms with Crippen molar-refractivity contribution in [1.82, 2.24) is 16.2 Å². The second kappa shape index (κ2) is 8.34. The van der Waals surface area contributed by atoms with E-state index in [1.165, 1.54) is 19.3 Å². The smallest absolute Gasteiger partial charge is 0.251 e. The van der Waals surface area contributed by atoms with E-state index >= 15 is 0 Å². The number of rotatable bonds is 6. The first kappa shape index (κ1) is 20.2. The molecule has 29 heavy (non-hydrogen) atoms. The highest BCUT2D eigenvalue weighted by atomic mass is 35.5. The monoisotopic (exact) mass is 417 g/mol. The number of halogens is 1. The molecule has 0 atom stereocenters. The normalized spacial score (nSPS) is 29.3. The summed E-state index contributed by atoms with van der Waals surface area (Å²) in [5.74, 6) is 1.71. The third-order valence-electron chi connectivity index (χ3n) is 6.79. The number of benzene rings is 1. The summed E-state index contributed by atoms with van der Waals surface area (Å²) in [6.45, 7) is 0.193. The number of amides is 3. The standard InChI is InChI=1S/C22H28ClN3O3/c23-18-3-1-17(2-4-18)21(29)24-6-5-19(27)25-26-20(28)13-22-10-14-7-15(11-22)9-16(8-14)12-22/h1-4,14-16H,5-13H2,(H,24,29)(H,25,27)(H,26,28). The molecule has 3 amide bonds. The number of carbonyl (C=O) groups excluding carboxylic acids is 3. The molecule has 5 rings (SSSR count). The Kier molecular flexibility index (Phi) is 5.81. The summed E-state index contributed by atoms with van der Waals surface area (Å²) in [6, 6.07) is 6.54. The van der Waals surface area contributed by atoms with Crippen LogP contribution in [-0.2, 0) is 9.59 Å². The van der Waals surface area contributed by atoms with Crippen molar-refractivity contribution in [3.8, 4) is 0 Å². The van der Waals surface area contributed by atoms with Gasteiger partial charge in [0.15, 0.2) is 0 Å². The van der Waals surface area contributed by atoms with Crippen LogP contribution in [0.4, 0.5) is 0 Å². The average molecular weight is 418 g/mol. The van der Waals surface area contributed by atoms with Gasteiger partial charge in [0.05, 0.1) is 0 Å². The van der Waals surface area contributed by atoms with E-state index < -0.39 is 0 Å². The summed E-state index contributed by atoms with van der Waals surface area (Å²) in [6.07, 6.45) is 8.13. The van der Waals surface area contributed by atoms with Crippen molar-refractivity contribution in [3.63, 3.8) is 0 Å². The SMILES string of the molecule is O=C(CCNC(=O)c1ccc(Cl)cc1)NNC(=O)CC12CC3CC(CC(C3)C1)C2. The van der Waals surface area contributed by atoms with Gasteiger partial charge in [-0.2, -0.15) is 0 Å². The molecule has 4 bridgehead atoms. The number of hydrogen-bond acceptors (Lipinski definition) is 3. The zero-order valence-corrected chi connectivity index (χ0v) is 17.3. The number of carbonyl (C=O) groups is 3. The van der Waals surface area contributed by atoms with Crippen LogP contribution in [0.15, 0.2) is 24.3 Å². The van der Waals surface area contributed by atoms with E-state index in [2.05, 4.69) is 16.2 Å². The predicted octanol–water partition coefficient (Wildman–Crippen LogP) is 3.21. The van der Waals surface area contributed by atoms with Gasteiger partial charge >= 0.3 is 0 Å². The van der Waals surface area contributed by atoms with Crippen LogP contribution in [0.25, 0.3) is 0 Å². The molecule has 3 N–H and O–H groups in total.